The van der Waals surface area contributed by atoms with Gasteiger partial charge in [-0.25, -0.2) is 4.98 Å². The largest absolute Gasteiger partial charge is 0.673 e. The van der Waals surface area contributed by atoms with Gasteiger partial charge in [0.25, 0.3) is 0 Å². The number of aryl methyl sites for hydroxylation is 2. The fourth-order valence-corrected chi connectivity index (χ4v) is 4.63. The summed E-state index contributed by atoms with van der Waals surface area (Å²) in [7, 11) is -6.00. The summed E-state index contributed by atoms with van der Waals surface area (Å²) >= 11 is 0. The van der Waals surface area contributed by atoms with Crippen molar-refractivity contribution in [2.45, 2.75) is 13.8 Å². The number of nitrogens with zero attached hydrogens (tertiary/aromatic N) is 2. The summed E-state index contributed by atoms with van der Waals surface area (Å²) < 4.78 is 41.3. The van der Waals surface area contributed by atoms with E-state index < -0.39 is 7.25 Å². The summed E-state index contributed by atoms with van der Waals surface area (Å²) in [6.07, 6.45) is 0. The van der Waals surface area contributed by atoms with E-state index in [1.54, 1.807) is 0 Å². The molecule has 2 heterocycles. The highest BCUT2D eigenvalue weighted by Crippen LogP contribution is 2.30. The molecule has 8 heteroatoms. The van der Waals surface area contributed by atoms with Gasteiger partial charge in [0, 0.05) is 11.1 Å². The van der Waals surface area contributed by atoms with Crippen LogP contribution in [0, 0.1) is 13.8 Å². The van der Waals surface area contributed by atoms with Gasteiger partial charge in [-0.1, -0.05) is 96.0 Å². The van der Waals surface area contributed by atoms with Gasteiger partial charge in [-0.05, 0) is 60.4 Å². The predicted octanol–water partition coefficient (Wildman–Crippen LogP) is 8.76. The molecule has 0 atom stereocenters. The van der Waals surface area contributed by atoms with E-state index in [2.05, 4.69) is 139 Å². The van der Waals surface area contributed by atoms with Crippen LogP contribution in [0.2, 0.25) is 0 Å². The lowest BCUT2D eigenvalue weighted by Gasteiger charge is -2.15. The molecule has 4 aromatic carbocycles. The molecular weight excluding hydrogens is 513 g/mol. The molecule has 0 fully saturated rings. The quantitative estimate of drug-likeness (QED) is 0.136. The molecule has 0 bridgehead atoms. The van der Waals surface area contributed by atoms with Crippen molar-refractivity contribution in [3.05, 3.63) is 126 Å². The number of aromatic amines is 1. The first-order valence-corrected chi connectivity index (χ1v) is 12.8. The Balaban J connectivity index is 0.000000595. The van der Waals surface area contributed by atoms with Crippen molar-refractivity contribution in [2.24, 2.45) is 0 Å². The minimum Gasteiger partial charge on any atom is -0.418 e. The maximum Gasteiger partial charge on any atom is 0.673 e. The molecule has 3 nitrogen and oxygen atoms in total. The Kier molecular flexibility index (Phi) is 7.51. The lowest BCUT2D eigenvalue weighted by molar-refractivity contribution is -0.579. The summed E-state index contributed by atoms with van der Waals surface area (Å²) in [5.74, 6) is 0.808. The number of benzene rings is 4. The minimum absolute atomic E-state index is 0.808. The molecule has 6 aromatic rings. The number of halogens is 4. The normalized spacial score (nSPS) is 11.2. The molecule has 200 valence electrons. The van der Waals surface area contributed by atoms with Crippen LogP contribution in [0.5, 0.6) is 0 Å². The van der Waals surface area contributed by atoms with Crippen LogP contribution in [0.25, 0.3) is 50.6 Å². The zero-order chi connectivity index (χ0) is 28.3. The SMILES string of the molecule is Cc1cc2nc(-[n+]3c(-c4ccccc4)cc(-c4ccccc4)cc3-c3ccccc3)[nH]c2cc1C.F[B-](F)(F)F. The summed E-state index contributed by atoms with van der Waals surface area (Å²) in [6, 6.07) is 40.5. The molecule has 0 aliphatic rings. The van der Waals surface area contributed by atoms with E-state index in [0.717, 1.165) is 39.5 Å². The zero-order valence-corrected chi connectivity index (χ0v) is 22.0. The van der Waals surface area contributed by atoms with Crippen molar-refractivity contribution in [1.82, 2.24) is 9.97 Å². The molecule has 0 aliphatic carbocycles. The Hall–Kier alpha value is -4.72. The van der Waals surface area contributed by atoms with Gasteiger partial charge in [-0.15, -0.1) is 0 Å². The number of fused-ring (bicyclic) bond motifs is 1. The van der Waals surface area contributed by atoms with Crippen LogP contribution in [0.1, 0.15) is 11.1 Å². The molecule has 1 N–H and O–H groups in total. The summed E-state index contributed by atoms with van der Waals surface area (Å²) in [6.45, 7) is 4.28. The van der Waals surface area contributed by atoms with Gasteiger partial charge < -0.3 is 17.3 Å². The molecule has 0 unspecified atom stereocenters. The average Bonchev–Trinajstić information content (AvgIpc) is 3.35. The van der Waals surface area contributed by atoms with Crippen LogP contribution in [0.4, 0.5) is 17.3 Å². The van der Waals surface area contributed by atoms with E-state index in [1.165, 1.54) is 22.3 Å². The summed E-state index contributed by atoms with van der Waals surface area (Å²) in [5, 5.41) is 0. The number of hydrogen-bond acceptors (Lipinski definition) is 1. The van der Waals surface area contributed by atoms with Crippen LogP contribution in [0.3, 0.4) is 0 Å². The number of nitrogens with one attached hydrogen (secondary N) is 1. The Morgan fingerprint density at radius 2 is 1.00 bits per heavy atom. The molecule has 0 amide bonds. The second-order valence-electron chi connectivity index (χ2n) is 9.46. The van der Waals surface area contributed by atoms with Gasteiger partial charge in [0.15, 0.2) is 5.52 Å². The van der Waals surface area contributed by atoms with E-state index >= 15 is 0 Å². The second-order valence-corrected chi connectivity index (χ2v) is 9.46. The monoisotopic (exact) mass is 539 g/mol. The predicted molar refractivity (Wildman–Crippen MR) is 154 cm³/mol. The number of rotatable bonds is 4. The molecular formula is C32H26BF4N3. The highest BCUT2D eigenvalue weighted by atomic mass is 19.5. The molecule has 6 rings (SSSR count). The third-order valence-corrected chi connectivity index (χ3v) is 6.61. The maximum absolute atomic E-state index is 9.75. The Labute approximate surface area is 229 Å². The molecule has 0 radical (unpaired) electrons. The average molecular weight is 539 g/mol. The van der Waals surface area contributed by atoms with Crippen LogP contribution in [-0.4, -0.2) is 17.2 Å². The van der Waals surface area contributed by atoms with Crippen molar-refractivity contribution in [1.29, 1.82) is 0 Å². The lowest BCUT2D eigenvalue weighted by Crippen LogP contribution is -2.37. The first-order chi connectivity index (χ1) is 19.2. The van der Waals surface area contributed by atoms with Crippen molar-refractivity contribution >= 4 is 18.3 Å². The molecule has 0 saturated heterocycles. The number of H-pyrrole nitrogens is 1. The smallest absolute Gasteiger partial charge is 0.418 e. The highest BCUT2D eigenvalue weighted by Gasteiger charge is 2.24. The Morgan fingerprint density at radius 3 is 1.48 bits per heavy atom. The van der Waals surface area contributed by atoms with Crippen molar-refractivity contribution in [2.75, 3.05) is 0 Å². The Bertz CT molecular complexity index is 1640. The standard InChI is InChI=1S/C32H26N3.BF4/c1-22-18-28-29(19-23(22)2)34-32(33-28)35-30(25-14-8-4-9-15-25)20-27(24-12-6-3-7-13-24)21-31(35)26-16-10-5-11-17-26;2-1(3,4)5/h3-21H,1-2H3,(H,33,34);/q+1;-1. The van der Waals surface area contributed by atoms with Crippen molar-refractivity contribution in [3.8, 4) is 39.6 Å². The van der Waals surface area contributed by atoms with Crippen molar-refractivity contribution < 1.29 is 21.8 Å². The van der Waals surface area contributed by atoms with E-state index in [0.29, 0.717) is 0 Å². The first kappa shape index (κ1) is 26.9. The van der Waals surface area contributed by atoms with Crippen molar-refractivity contribution in [3.63, 3.8) is 0 Å². The van der Waals surface area contributed by atoms with E-state index in [-0.39, 0.29) is 0 Å². The molecule has 0 saturated carbocycles. The number of pyridine rings is 1. The second kappa shape index (κ2) is 11.2. The van der Waals surface area contributed by atoms with Gasteiger partial charge in [0.1, 0.15) is 16.9 Å². The summed E-state index contributed by atoms with van der Waals surface area (Å²) in [5.41, 5.74) is 11.3. The molecule has 40 heavy (non-hydrogen) atoms. The Morgan fingerprint density at radius 1 is 0.575 bits per heavy atom. The first-order valence-electron chi connectivity index (χ1n) is 12.8. The number of aromatic nitrogens is 3. The van der Waals surface area contributed by atoms with Crippen LogP contribution >= 0.6 is 0 Å². The molecule has 0 aliphatic heterocycles. The van der Waals surface area contributed by atoms with E-state index in [9.17, 15) is 17.3 Å². The van der Waals surface area contributed by atoms with Crippen LogP contribution in [0.15, 0.2) is 115 Å². The third kappa shape index (κ3) is 6.12. The molecule has 0 spiro atoms. The number of imidazole rings is 1. The lowest BCUT2D eigenvalue weighted by atomic mass is 9.99. The fourth-order valence-electron chi connectivity index (χ4n) is 4.63. The topological polar surface area (TPSA) is 32.6 Å². The van der Waals surface area contributed by atoms with E-state index in [4.69, 9.17) is 4.98 Å². The van der Waals surface area contributed by atoms with E-state index in [1.807, 2.05) is 0 Å². The van der Waals surface area contributed by atoms with Gasteiger partial charge >= 0.3 is 13.2 Å². The maximum atomic E-state index is 9.75. The molecule has 2 aromatic heterocycles. The van der Waals surface area contributed by atoms with Gasteiger partial charge in [0.05, 0.1) is 0 Å². The number of hydrogen-bond donors (Lipinski definition) is 1. The van der Waals surface area contributed by atoms with Gasteiger partial charge in [-0.3, -0.25) is 0 Å². The summed E-state index contributed by atoms with van der Waals surface area (Å²) in [4.78, 5) is 8.68. The van der Waals surface area contributed by atoms with Crippen LogP contribution in [-0.2, 0) is 0 Å². The highest BCUT2D eigenvalue weighted by molar-refractivity contribution is 6.50. The minimum atomic E-state index is -6.00. The zero-order valence-electron chi connectivity index (χ0n) is 22.0. The third-order valence-electron chi connectivity index (χ3n) is 6.61. The fraction of sp³-hybridized carbons (Fsp3) is 0.0625. The van der Waals surface area contributed by atoms with Gasteiger partial charge in [0.2, 0.25) is 0 Å². The van der Waals surface area contributed by atoms with Gasteiger partial charge in [-0.2, -0.15) is 4.57 Å². The van der Waals surface area contributed by atoms with Crippen LogP contribution < -0.4 is 4.57 Å².